The van der Waals surface area contributed by atoms with Crippen LogP contribution in [0.1, 0.15) is 65.9 Å². The summed E-state index contributed by atoms with van der Waals surface area (Å²) in [6.45, 7) is 4.84. The van der Waals surface area contributed by atoms with E-state index in [9.17, 15) is 9.59 Å². The molecule has 1 aliphatic carbocycles. The van der Waals surface area contributed by atoms with Crippen molar-refractivity contribution in [3.05, 3.63) is 45.8 Å². The molecule has 3 rings (SSSR count). The molecule has 5 nitrogen and oxygen atoms in total. The predicted molar refractivity (Wildman–Crippen MR) is 118 cm³/mol. The van der Waals surface area contributed by atoms with E-state index in [2.05, 4.69) is 31.3 Å². The number of rotatable bonds is 9. The van der Waals surface area contributed by atoms with Gasteiger partial charge in [0.25, 0.3) is 5.91 Å². The van der Waals surface area contributed by atoms with Gasteiger partial charge in [0.2, 0.25) is 5.91 Å². The number of carbonyl (C=O) groups is 2. The standard InChI is InChI=1S/C23H30N2O3S/c1-3-5-16-8-10-17(11-9-16)28-13-4-6-20(26)25-23-21(22(24)27)18-12-7-15(2)14-19(18)29-23/h8-11,15H,3-7,12-14H2,1-2H3,(H2,24,27)(H,25,26). The Morgan fingerprint density at radius 1 is 1.28 bits per heavy atom. The molecule has 1 heterocycles. The molecule has 0 fully saturated rings. The van der Waals surface area contributed by atoms with Crippen LogP contribution in [0.5, 0.6) is 5.75 Å². The number of hydrogen-bond donors (Lipinski definition) is 2. The minimum Gasteiger partial charge on any atom is -0.494 e. The summed E-state index contributed by atoms with van der Waals surface area (Å²) in [6.07, 6.45) is 5.99. The maximum atomic E-state index is 12.4. The van der Waals surface area contributed by atoms with Crippen molar-refractivity contribution in [2.24, 2.45) is 11.7 Å². The van der Waals surface area contributed by atoms with E-state index in [1.54, 1.807) is 0 Å². The first-order valence-corrected chi connectivity index (χ1v) is 11.3. The number of fused-ring (bicyclic) bond motifs is 1. The third-order valence-corrected chi connectivity index (χ3v) is 6.46. The number of thiophene rings is 1. The number of benzene rings is 1. The van der Waals surface area contributed by atoms with Gasteiger partial charge < -0.3 is 15.8 Å². The Morgan fingerprint density at radius 3 is 2.72 bits per heavy atom. The molecule has 0 bridgehead atoms. The van der Waals surface area contributed by atoms with Crippen molar-refractivity contribution >= 4 is 28.2 Å². The summed E-state index contributed by atoms with van der Waals surface area (Å²) in [5.74, 6) is 0.850. The van der Waals surface area contributed by atoms with Gasteiger partial charge in [0.05, 0.1) is 12.2 Å². The van der Waals surface area contributed by atoms with Crippen LogP contribution in [-0.2, 0) is 24.1 Å². The summed E-state index contributed by atoms with van der Waals surface area (Å²) in [6, 6.07) is 8.11. The van der Waals surface area contributed by atoms with Crippen molar-refractivity contribution in [2.45, 2.75) is 58.8 Å². The predicted octanol–water partition coefficient (Wildman–Crippen LogP) is 4.72. The SMILES string of the molecule is CCCc1ccc(OCCCC(=O)Nc2sc3c(c2C(N)=O)CCC(C)C3)cc1. The van der Waals surface area contributed by atoms with Gasteiger partial charge in [-0.25, -0.2) is 0 Å². The van der Waals surface area contributed by atoms with Crippen molar-refractivity contribution in [1.29, 1.82) is 0 Å². The molecular weight excluding hydrogens is 384 g/mol. The summed E-state index contributed by atoms with van der Waals surface area (Å²) in [5.41, 5.74) is 8.45. The largest absolute Gasteiger partial charge is 0.494 e. The second-order valence-corrected chi connectivity index (χ2v) is 8.92. The van der Waals surface area contributed by atoms with E-state index in [1.807, 2.05) is 12.1 Å². The van der Waals surface area contributed by atoms with E-state index in [-0.39, 0.29) is 5.91 Å². The van der Waals surface area contributed by atoms with Gasteiger partial charge in [-0.15, -0.1) is 11.3 Å². The number of ether oxygens (including phenoxy) is 1. The van der Waals surface area contributed by atoms with Crippen LogP contribution in [0, 0.1) is 5.92 Å². The highest BCUT2D eigenvalue weighted by molar-refractivity contribution is 7.17. The maximum absolute atomic E-state index is 12.4. The molecule has 1 aromatic heterocycles. The first-order valence-electron chi connectivity index (χ1n) is 10.4. The molecule has 0 saturated carbocycles. The van der Waals surface area contributed by atoms with Crippen LogP contribution in [0.25, 0.3) is 0 Å². The number of aryl methyl sites for hydroxylation is 1. The van der Waals surface area contributed by atoms with Gasteiger partial charge in [-0.2, -0.15) is 0 Å². The Morgan fingerprint density at radius 2 is 2.03 bits per heavy atom. The molecule has 2 aromatic rings. The van der Waals surface area contributed by atoms with Gasteiger partial charge in [0.15, 0.2) is 0 Å². The molecule has 0 aliphatic heterocycles. The molecule has 1 unspecified atom stereocenters. The fourth-order valence-electron chi connectivity index (χ4n) is 3.75. The van der Waals surface area contributed by atoms with E-state index in [0.717, 1.165) is 43.4 Å². The quantitative estimate of drug-likeness (QED) is 0.583. The molecule has 3 N–H and O–H groups in total. The average Bonchev–Trinajstić information content (AvgIpc) is 3.03. The highest BCUT2D eigenvalue weighted by Gasteiger charge is 2.27. The fourth-order valence-corrected chi connectivity index (χ4v) is 5.18. The zero-order chi connectivity index (χ0) is 20.8. The topological polar surface area (TPSA) is 81.4 Å². The molecule has 2 amide bonds. The van der Waals surface area contributed by atoms with Gasteiger partial charge in [-0.3, -0.25) is 9.59 Å². The van der Waals surface area contributed by atoms with Crippen LogP contribution in [0.2, 0.25) is 0 Å². The molecule has 1 atom stereocenters. The fraction of sp³-hybridized carbons (Fsp3) is 0.478. The van der Waals surface area contributed by atoms with Crippen LogP contribution in [-0.4, -0.2) is 18.4 Å². The molecule has 29 heavy (non-hydrogen) atoms. The van der Waals surface area contributed by atoms with E-state index in [1.165, 1.54) is 21.8 Å². The highest BCUT2D eigenvalue weighted by Crippen LogP contribution is 2.39. The van der Waals surface area contributed by atoms with Crippen molar-refractivity contribution in [1.82, 2.24) is 0 Å². The summed E-state index contributed by atoms with van der Waals surface area (Å²) < 4.78 is 5.73. The molecule has 156 valence electrons. The molecule has 6 heteroatoms. The van der Waals surface area contributed by atoms with Crippen LogP contribution in [0.4, 0.5) is 5.00 Å². The third-order valence-electron chi connectivity index (χ3n) is 5.29. The highest BCUT2D eigenvalue weighted by atomic mass is 32.1. The summed E-state index contributed by atoms with van der Waals surface area (Å²) >= 11 is 1.50. The summed E-state index contributed by atoms with van der Waals surface area (Å²) in [4.78, 5) is 25.5. The van der Waals surface area contributed by atoms with E-state index < -0.39 is 5.91 Å². The van der Waals surface area contributed by atoms with Gasteiger partial charge in [-0.05, 0) is 61.3 Å². The van der Waals surface area contributed by atoms with Crippen LogP contribution >= 0.6 is 11.3 Å². The monoisotopic (exact) mass is 414 g/mol. The number of nitrogens with two attached hydrogens (primary N) is 1. The Hall–Kier alpha value is -2.34. The van der Waals surface area contributed by atoms with Crippen molar-refractivity contribution in [2.75, 3.05) is 11.9 Å². The Bertz CT molecular complexity index is 858. The van der Waals surface area contributed by atoms with E-state index in [4.69, 9.17) is 10.5 Å². The third kappa shape index (κ3) is 5.60. The molecule has 1 aliphatic rings. The van der Waals surface area contributed by atoms with E-state index >= 15 is 0 Å². The second kappa shape index (κ2) is 9.92. The molecule has 0 radical (unpaired) electrons. The zero-order valence-electron chi connectivity index (χ0n) is 17.3. The van der Waals surface area contributed by atoms with Crippen LogP contribution < -0.4 is 15.8 Å². The van der Waals surface area contributed by atoms with Crippen molar-refractivity contribution in [3.63, 3.8) is 0 Å². The smallest absolute Gasteiger partial charge is 0.251 e. The number of hydrogen-bond acceptors (Lipinski definition) is 4. The second-order valence-electron chi connectivity index (χ2n) is 7.81. The zero-order valence-corrected chi connectivity index (χ0v) is 18.1. The lowest BCUT2D eigenvalue weighted by Gasteiger charge is -2.18. The van der Waals surface area contributed by atoms with Gasteiger partial charge in [0, 0.05) is 11.3 Å². The lowest BCUT2D eigenvalue weighted by atomic mass is 9.88. The van der Waals surface area contributed by atoms with Crippen molar-refractivity contribution < 1.29 is 14.3 Å². The lowest BCUT2D eigenvalue weighted by Crippen LogP contribution is -2.19. The number of nitrogens with one attached hydrogen (secondary N) is 1. The minimum atomic E-state index is -0.456. The Balaban J connectivity index is 1.50. The Labute approximate surface area is 176 Å². The Kier molecular flexibility index (Phi) is 7.31. The number of carbonyl (C=O) groups excluding carboxylic acids is 2. The van der Waals surface area contributed by atoms with Gasteiger partial charge in [0.1, 0.15) is 10.8 Å². The minimum absolute atomic E-state index is 0.110. The molecule has 0 saturated heterocycles. The lowest BCUT2D eigenvalue weighted by molar-refractivity contribution is -0.116. The van der Waals surface area contributed by atoms with Crippen molar-refractivity contribution in [3.8, 4) is 5.75 Å². The first kappa shape index (κ1) is 21.4. The van der Waals surface area contributed by atoms with Crippen LogP contribution in [0.15, 0.2) is 24.3 Å². The first-order chi connectivity index (χ1) is 14.0. The van der Waals surface area contributed by atoms with E-state index in [0.29, 0.717) is 35.9 Å². The molecular formula is C23H30N2O3S. The number of amides is 2. The van der Waals surface area contributed by atoms with Gasteiger partial charge in [-0.1, -0.05) is 32.4 Å². The normalized spacial score (nSPS) is 15.6. The maximum Gasteiger partial charge on any atom is 0.251 e. The van der Waals surface area contributed by atoms with Crippen LogP contribution in [0.3, 0.4) is 0 Å². The number of anilines is 1. The summed E-state index contributed by atoms with van der Waals surface area (Å²) in [5, 5.41) is 3.51. The van der Waals surface area contributed by atoms with Gasteiger partial charge >= 0.3 is 0 Å². The number of primary amides is 1. The molecule has 0 spiro atoms. The summed E-state index contributed by atoms with van der Waals surface area (Å²) in [7, 11) is 0. The molecule has 1 aromatic carbocycles. The average molecular weight is 415 g/mol.